The Morgan fingerprint density at radius 2 is 2.27 bits per heavy atom. The molecule has 0 spiro atoms. The van der Waals surface area contributed by atoms with Gasteiger partial charge in [-0.25, -0.2) is 0 Å². The fourth-order valence-electron chi connectivity index (χ4n) is 1.33. The first kappa shape index (κ1) is 9.83. The zero-order valence-electron chi connectivity index (χ0n) is 8.62. The van der Waals surface area contributed by atoms with Crippen LogP contribution in [0.4, 0.5) is 5.69 Å². The summed E-state index contributed by atoms with van der Waals surface area (Å²) < 4.78 is 5.62. The molecule has 0 radical (unpaired) electrons. The van der Waals surface area contributed by atoms with E-state index in [2.05, 4.69) is 5.32 Å². The van der Waals surface area contributed by atoms with E-state index in [9.17, 15) is 4.79 Å². The molecule has 2 rings (SSSR count). The maximum absolute atomic E-state index is 11.5. The first-order chi connectivity index (χ1) is 7.20. The minimum absolute atomic E-state index is 0.169. The number of hydrogen-bond donors (Lipinski definition) is 2. The van der Waals surface area contributed by atoms with E-state index in [0.717, 1.165) is 12.8 Å². The van der Waals surface area contributed by atoms with E-state index in [1.807, 2.05) is 0 Å². The Morgan fingerprint density at radius 3 is 2.87 bits per heavy atom. The number of nitrogens with one attached hydrogen (secondary N) is 1. The molecule has 0 saturated heterocycles. The molecule has 1 amide bonds. The molecule has 0 unspecified atom stereocenters. The van der Waals surface area contributed by atoms with Crippen molar-refractivity contribution in [3.63, 3.8) is 0 Å². The predicted octanol–water partition coefficient (Wildman–Crippen LogP) is 1.17. The van der Waals surface area contributed by atoms with Gasteiger partial charge in [0, 0.05) is 12.7 Å². The van der Waals surface area contributed by atoms with Crippen molar-refractivity contribution in [2.45, 2.75) is 18.9 Å². The van der Waals surface area contributed by atoms with E-state index < -0.39 is 0 Å². The lowest BCUT2D eigenvalue weighted by atomic mass is 10.1. The molecule has 0 bridgehead atoms. The second-order valence-electron chi connectivity index (χ2n) is 3.65. The van der Waals surface area contributed by atoms with Crippen LogP contribution in [0.1, 0.15) is 23.2 Å². The molecule has 1 aliphatic rings. The number of amides is 1. The second kappa shape index (κ2) is 3.81. The van der Waals surface area contributed by atoms with Crippen LogP contribution in [-0.4, -0.2) is 19.1 Å². The van der Waals surface area contributed by atoms with E-state index in [-0.39, 0.29) is 12.0 Å². The number of benzene rings is 1. The maximum atomic E-state index is 11.5. The minimum atomic E-state index is -0.169. The molecular formula is C11H14N2O2. The largest absolute Gasteiger partial charge is 0.490 e. The fourth-order valence-corrected chi connectivity index (χ4v) is 1.33. The molecule has 1 saturated carbocycles. The van der Waals surface area contributed by atoms with Gasteiger partial charge in [-0.1, -0.05) is 0 Å². The Balaban J connectivity index is 2.29. The van der Waals surface area contributed by atoms with Crippen LogP contribution >= 0.6 is 0 Å². The van der Waals surface area contributed by atoms with Gasteiger partial charge in [0.1, 0.15) is 5.75 Å². The highest BCUT2D eigenvalue weighted by molar-refractivity contribution is 5.97. The lowest BCUT2D eigenvalue weighted by molar-refractivity contribution is 0.0958. The van der Waals surface area contributed by atoms with E-state index >= 15 is 0 Å². The number of anilines is 1. The molecule has 15 heavy (non-hydrogen) atoms. The average molecular weight is 206 g/mol. The summed E-state index contributed by atoms with van der Waals surface area (Å²) in [6.07, 6.45) is 2.41. The summed E-state index contributed by atoms with van der Waals surface area (Å²) in [4.78, 5) is 11.5. The summed E-state index contributed by atoms with van der Waals surface area (Å²) in [6.45, 7) is 0. The van der Waals surface area contributed by atoms with Crippen LogP contribution in [0.25, 0.3) is 0 Å². The van der Waals surface area contributed by atoms with Gasteiger partial charge in [-0.2, -0.15) is 0 Å². The quantitative estimate of drug-likeness (QED) is 0.730. The third kappa shape index (κ3) is 2.21. The molecule has 1 aromatic carbocycles. The van der Waals surface area contributed by atoms with Crippen molar-refractivity contribution in [2.75, 3.05) is 12.8 Å². The van der Waals surface area contributed by atoms with Crippen molar-refractivity contribution in [1.29, 1.82) is 0 Å². The Morgan fingerprint density at radius 1 is 1.53 bits per heavy atom. The normalized spacial score (nSPS) is 14.7. The Labute approximate surface area is 88.4 Å². The number of ether oxygens (including phenoxy) is 1. The molecule has 0 aromatic heterocycles. The van der Waals surface area contributed by atoms with Crippen LogP contribution < -0.4 is 15.8 Å². The highest BCUT2D eigenvalue weighted by Gasteiger charge is 2.25. The van der Waals surface area contributed by atoms with Crippen molar-refractivity contribution in [3.8, 4) is 5.75 Å². The lowest BCUT2D eigenvalue weighted by Crippen LogP contribution is -2.19. The number of nitrogens with two attached hydrogens (primary N) is 1. The first-order valence-electron chi connectivity index (χ1n) is 4.99. The van der Waals surface area contributed by atoms with Crippen molar-refractivity contribution >= 4 is 11.6 Å². The van der Waals surface area contributed by atoms with Crippen molar-refractivity contribution < 1.29 is 9.53 Å². The average Bonchev–Trinajstić information content (AvgIpc) is 3.03. The van der Waals surface area contributed by atoms with Crippen LogP contribution in [0.5, 0.6) is 5.75 Å². The summed E-state index contributed by atoms with van der Waals surface area (Å²) in [5, 5.41) is 2.57. The third-order valence-electron chi connectivity index (χ3n) is 2.29. The van der Waals surface area contributed by atoms with Crippen LogP contribution in [0, 0.1) is 0 Å². The fraction of sp³-hybridized carbons (Fsp3) is 0.364. The van der Waals surface area contributed by atoms with Gasteiger partial charge >= 0.3 is 0 Å². The molecule has 1 fully saturated rings. The first-order valence-corrected chi connectivity index (χ1v) is 4.99. The number of rotatable bonds is 3. The molecule has 80 valence electrons. The molecule has 4 nitrogen and oxygen atoms in total. The minimum Gasteiger partial charge on any atom is -0.490 e. The van der Waals surface area contributed by atoms with Crippen LogP contribution in [0.2, 0.25) is 0 Å². The molecule has 0 aliphatic heterocycles. The highest BCUT2D eigenvalue weighted by atomic mass is 16.5. The third-order valence-corrected chi connectivity index (χ3v) is 2.29. The smallest absolute Gasteiger partial charge is 0.254 e. The summed E-state index contributed by atoms with van der Waals surface area (Å²) >= 11 is 0. The van der Waals surface area contributed by atoms with Gasteiger partial charge in [0.25, 0.3) is 5.91 Å². The van der Waals surface area contributed by atoms with Crippen LogP contribution in [0.15, 0.2) is 18.2 Å². The van der Waals surface area contributed by atoms with Crippen LogP contribution in [-0.2, 0) is 0 Å². The molecule has 3 N–H and O–H groups in total. The molecule has 0 heterocycles. The van der Waals surface area contributed by atoms with Gasteiger partial charge in [0.15, 0.2) is 0 Å². The topological polar surface area (TPSA) is 64.4 Å². The summed E-state index contributed by atoms with van der Waals surface area (Å²) in [7, 11) is 1.59. The molecule has 4 heteroatoms. The lowest BCUT2D eigenvalue weighted by Gasteiger charge is -2.10. The van der Waals surface area contributed by atoms with Gasteiger partial charge in [-0.05, 0) is 31.0 Å². The highest BCUT2D eigenvalue weighted by Crippen LogP contribution is 2.30. The van der Waals surface area contributed by atoms with Gasteiger partial charge in [0.2, 0.25) is 0 Å². The Kier molecular flexibility index (Phi) is 2.49. The standard InChI is InChI=1S/C11H14N2O2/c1-13-11(14)9-6-7(12)2-5-10(9)15-8-3-4-8/h2,5-6,8H,3-4,12H2,1H3,(H,13,14). The van der Waals surface area contributed by atoms with Crippen molar-refractivity contribution in [3.05, 3.63) is 23.8 Å². The predicted molar refractivity (Wildman–Crippen MR) is 57.9 cm³/mol. The van der Waals surface area contributed by atoms with E-state index in [1.165, 1.54) is 0 Å². The van der Waals surface area contributed by atoms with E-state index in [1.54, 1.807) is 25.2 Å². The Hall–Kier alpha value is -1.71. The SMILES string of the molecule is CNC(=O)c1cc(N)ccc1OC1CC1. The van der Waals surface area contributed by atoms with E-state index in [4.69, 9.17) is 10.5 Å². The number of nitrogen functional groups attached to an aromatic ring is 1. The zero-order chi connectivity index (χ0) is 10.8. The van der Waals surface area contributed by atoms with Crippen LogP contribution in [0.3, 0.4) is 0 Å². The molecule has 1 aliphatic carbocycles. The van der Waals surface area contributed by atoms with Gasteiger partial charge < -0.3 is 15.8 Å². The monoisotopic (exact) mass is 206 g/mol. The number of carbonyl (C=O) groups excluding carboxylic acids is 1. The van der Waals surface area contributed by atoms with Gasteiger partial charge in [-0.15, -0.1) is 0 Å². The van der Waals surface area contributed by atoms with E-state index in [0.29, 0.717) is 17.0 Å². The Bertz CT molecular complexity index is 386. The van der Waals surface area contributed by atoms with Crippen molar-refractivity contribution in [1.82, 2.24) is 5.32 Å². The zero-order valence-corrected chi connectivity index (χ0v) is 8.62. The number of carbonyl (C=O) groups is 1. The number of hydrogen-bond acceptors (Lipinski definition) is 3. The van der Waals surface area contributed by atoms with Crippen molar-refractivity contribution in [2.24, 2.45) is 0 Å². The van der Waals surface area contributed by atoms with Gasteiger partial charge in [0.05, 0.1) is 11.7 Å². The van der Waals surface area contributed by atoms with Gasteiger partial charge in [-0.3, -0.25) is 4.79 Å². The maximum Gasteiger partial charge on any atom is 0.254 e. The second-order valence-corrected chi connectivity index (χ2v) is 3.65. The molecule has 0 atom stereocenters. The summed E-state index contributed by atoms with van der Waals surface area (Å²) in [5.74, 6) is 0.448. The molecular weight excluding hydrogens is 192 g/mol. The molecule has 1 aromatic rings. The summed E-state index contributed by atoms with van der Waals surface area (Å²) in [6, 6.07) is 5.12. The summed E-state index contributed by atoms with van der Waals surface area (Å²) in [5.41, 5.74) is 6.70.